The van der Waals surface area contributed by atoms with Crippen LogP contribution in [0.25, 0.3) is 10.9 Å². The number of benzene rings is 2. The van der Waals surface area contributed by atoms with Gasteiger partial charge in [-0.25, -0.2) is 9.97 Å². The number of halogens is 3. The average Bonchev–Trinajstić information content (AvgIpc) is 3.34. The summed E-state index contributed by atoms with van der Waals surface area (Å²) in [5.41, 5.74) is -1.64. The number of rotatable bonds is 5. The van der Waals surface area contributed by atoms with Gasteiger partial charge in [-0.1, -0.05) is 42.5 Å². The summed E-state index contributed by atoms with van der Waals surface area (Å²) in [4.78, 5) is 12.4. The lowest BCUT2D eigenvalue weighted by Crippen LogP contribution is -2.32. The molecule has 0 aliphatic carbocycles. The Kier molecular flexibility index (Phi) is 5.97. The number of nitrogens with zero attached hydrogens (tertiary/aromatic N) is 5. The van der Waals surface area contributed by atoms with Gasteiger partial charge in [0.2, 0.25) is 0 Å². The van der Waals surface area contributed by atoms with Crippen LogP contribution in [-0.4, -0.2) is 24.6 Å². The Morgan fingerprint density at radius 1 is 1.03 bits per heavy atom. The third-order valence-corrected chi connectivity index (χ3v) is 6.33. The lowest BCUT2D eigenvalue weighted by atomic mass is 9.85. The molecule has 6 nitrogen and oxygen atoms in total. The normalized spacial score (nSPS) is 13.3. The highest BCUT2D eigenvalue weighted by molar-refractivity contribution is 5.87. The second-order valence-corrected chi connectivity index (χ2v) is 8.63. The lowest BCUT2D eigenvalue weighted by Gasteiger charge is -2.29. The highest BCUT2D eigenvalue weighted by atomic mass is 19.4. The summed E-state index contributed by atoms with van der Waals surface area (Å²) in [6, 6.07) is 20.1. The summed E-state index contributed by atoms with van der Waals surface area (Å²) in [6.45, 7) is 0. The Hall–Kier alpha value is -4.55. The molecule has 9 heteroatoms. The van der Waals surface area contributed by atoms with E-state index in [2.05, 4.69) is 15.0 Å². The number of nitriles is 1. The van der Waals surface area contributed by atoms with Gasteiger partial charge in [0.1, 0.15) is 11.8 Å². The first kappa shape index (κ1) is 24.2. The number of aromatic nitrogens is 4. The van der Waals surface area contributed by atoms with Crippen LogP contribution >= 0.6 is 0 Å². The fraction of sp³-hybridized carbons (Fsp3) is 0.143. The molecule has 0 aliphatic rings. The van der Waals surface area contributed by atoms with Crippen molar-refractivity contribution in [3.8, 4) is 6.07 Å². The van der Waals surface area contributed by atoms with Crippen molar-refractivity contribution in [1.29, 1.82) is 5.26 Å². The van der Waals surface area contributed by atoms with E-state index >= 15 is 0 Å². The molecule has 5 rings (SSSR count). The molecule has 1 N–H and O–H groups in total. The van der Waals surface area contributed by atoms with Gasteiger partial charge in [-0.2, -0.15) is 18.4 Å². The van der Waals surface area contributed by atoms with E-state index in [1.165, 1.54) is 36.9 Å². The Balaban J connectivity index is 1.80. The van der Waals surface area contributed by atoms with Crippen molar-refractivity contribution < 1.29 is 18.3 Å². The summed E-state index contributed by atoms with van der Waals surface area (Å²) < 4.78 is 43.9. The highest BCUT2D eigenvalue weighted by Gasteiger charge is 2.40. The topological polar surface area (TPSA) is 87.6 Å². The largest absolute Gasteiger partial charge is 0.433 e. The maximum atomic E-state index is 14.1. The van der Waals surface area contributed by atoms with Crippen LogP contribution < -0.4 is 0 Å². The summed E-state index contributed by atoms with van der Waals surface area (Å²) in [5, 5.41) is 22.4. The molecule has 2 aromatic carbocycles. The molecule has 0 spiro atoms. The fourth-order valence-corrected chi connectivity index (χ4v) is 4.57. The SMILES string of the molecule is Cn1cncc1C(O)(c1ccc2nc(C(F)(F)F)c(Cc3ccccc3)c(C#N)c2c1)c1ccccn1. The number of pyridine rings is 2. The number of fused-ring (bicyclic) bond motifs is 1. The average molecular weight is 499 g/mol. The van der Waals surface area contributed by atoms with Crippen LogP contribution in [-0.2, 0) is 25.2 Å². The molecule has 1 atom stereocenters. The first-order valence-electron chi connectivity index (χ1n) is 11.3. The zero-order valence-electron chi connectivity index (χ0n) is 19.6. The molecule has 0 fully saturated rings. The molecule has 37 heavy (non-hydrogen) atoms. The van der Waals surface area contributed by atoms with Gasteiger partial charge >= 0.3 is 6.18 Å². The van der Waals surface area contributed by atoms with E-state index in [0.29, 0.717) is 22.5 Å². The van der Waals surface area contributed by atoms with E-state index in [0.717, 1.165) is 0 Å². The minimum atomic E-state index is -4.76. The van der Waals surface area contributed by atoms with Gasteiger partial charge in [-0.3, -0.25) is 4.98 Å². The minimum absolute atomic E-state index is 0.00202. The molecule has 3 heterocycles. The van der Waals surface area contributed by atoms with Crippen molar-refractivity contribution in [3.63, 3.8) is 0 Å². The van der Waals surface area contributed by atoms with Crippen LogP contribution in [0.5, 0.6) is 0 Å². The van der Waals surface area contributed by atoms with Gasteiger partial charge in [0, 0.05) is 30.6 Å². The zero-order valence-corrected chi connectivity index (χ0v) is 19.6. The van der Waals surface area contributed by atoms with E-state index in [1.54, 1.807) is 60.1 Å². The molecular weight excluding hydrogens is 479 g/mol. The van der Waals surface area contributed by atoms with Crippen molar-refractivity contribution in [2.75, 3.05) is 0 Å². The van der Waals surface area contributed by atoms with Gasteiger partial charge in [0.15, 0.2) is 5.60 Å². The zero-order chi connectivity index (χ0) is 26.2. The van der Waals surface area contributed by atoms with Crippen LogP contribution in [0.4, 0.5) is 13.2 Å². The molecule has 0 saturated carbocycles. The van der Waals surface area contributed by atoms with E-state index in [1.807, 2.05) is 6.07 Å². The second kappa shape index (κ2) is 9.15. The molecular formula is C28H20F3N5O. The van der Waals surface area contributed by atoms with E-state index < -0.39 is 17.5 Å². The van der Waals surface area contributed by atoms with Crippen molar-refractivity contribution in [3.05, 3.63) is 125 Å². The predicted molar refractivity (Wildman–Crippen MR) is 130 cm³/mol. The predicted octanol–water partition coefficient (Wildman–Crippen LogP) is 5.13. The summed E-state index contributed by atoms with van der Waals surface area (Å²) >= 11 is 0. The van der Waals surface area contributed by atoms with Crippen LogP contribution in [0.3, 0.4) is 0 Å². The number of hydrogen-bond donors (Lipinski definition) is 1. The van der Waals surface area contributed by atoms with Crippen LogP contribution in [0.2, 0.25) is 0 Å². The number of imidazole rings is 1. The number of aliphatic hydroxyl groups is 1. The van der Waals surface area contributed by atoms with Gasteiger partial charge in [0.25, 0.3) is 0 Å². The Morgan fingerprint density at radius 2 is 1.78 bits per heavy atom. The number of aryl methyl sites for hydroxylation is 1. The molecule has 0 saturated heterocycles. The van der Waals surface area contributed by atoms with Crippen molar-refractivity contribution in [2.24, 2.45) is 7.05 Å². The van der Waals surface area contributed by atoms with Gasteiger partial charge in [0.05, 0.1) is 35.0 Å². The summed E-state index contributed by atoms with van der Waals surface area (Å²) in [5.74, 6) is 0. The lowest BCUT2D eigenvalue weighted by molar-refractivity contribution is -0.141. The fourth-order valence-electron chi connectivity index (χ4n) is 4.57. The molecule has 3 aromatic heterocycles. The molecule has 184 valence electrons. The second-order valence-electron chi connectivity index (χ2n) is 8.63. The molecule has 0 aliphatic heterocycles. The highest BCUT2D eigenvalue weighted by Crippen LogP contribution is 2.40. The van der Waals surface area contributed by atoms with E-state index in [4.69, 9.17) is 0 Å². The molecule has 5 aromatic rings. The van der Waals surface area contributed by atoms with Crippen molar-refractivity contribution >= 4 is 10.9 Å². The summed E-state index contributed by atoms with van der Waals surface area (Å²) in [6.07, 6.45) is -0.326. The quantitative estimate of drug-likeness (QED) is 0.362. The third-order valence-electron chi connectivity index (χ3n) is 6.33. The van der Waals surface area contributed by atoms with Gasteiger partial charge in [-0.05, 0) is 35.4 Å². The molecule has 0 radical (unpaired) electrons. The standard InChI is InChI=1S/C28H20F3N5O/c1-36-17-33-16-25(36)27(37,24-9-5-6-12-34-24)19-10-11-23-20(14-19)22(15-32)21(26(35-23)28(29,30)31)13-18-7-3-2-4-8-18/h2-12,14,16-17,37H,13H2,1H3. The van der Waals surface area contributed by atoms with Gasteiger partial charge < -0.3 is 9.67 Å². The first-order chi connectivity index (χ1) is 17.7. The Bertz CT molecular complexity index is 1630. The minimum Gasteiger partial charge on any atom is -0.373 e. The van der Waals surface area contributed by atoms with Gasteiger partial charge in [-0.15, -0.1) is 0 Å². The smallest absolute Gasteiger partial charge is 0.373 e. The molecule has 1 unspecified atom stereocenters. The van der Waals surface area contributed by atoms with Crippen molar-refractivity contribution in [2.45, 2.75) is 18.2 Å². The van der Waals surface area contributed by atoms with E-state index in [9.17, 15) is 23.5 Å². The Morgan fingerprint density at radius 3 is 2.41 bits per heavy atom. The monoisotopic (exact) mass is 499 g/mol. The molecule has 0 bridgehead atoms. The van der Waals surface area contributed by atoms with Crippen LogP contribution in [0, 0.1) is 11.3 Å². The third kappa shape index (κ3) is 4.21. The van der Waals surface area contributed by atoms with Crippen LogP contribution in [0.1, 0.15) is 39.3 Å². The van der Waals surface area contributed by atoms with Crippen LogP contribution in [0.15, 0.2) is 85.5 Å². The Labute approximate surface area is 210 Å². The maximum Gasteiger partial charge on any atom is 0.433 e. The number of hydrogen-bond acceptors (Lipinski definition) is 5. The molecule has 0 amide bonds. The summed E-state index contributed by atoms with van der Waals surface area (Å²) in [7, 11) is 1.72. The maximum absolute atomic E-state index is 14.1. The first-order valence-corrected chi connectivity index (χ1v) is 11.3. The number of alkyl halides is 3. The van der Waals surface area contributed by atoms with E-state index in [-0.39, 0.29) is 28.5 Å². The van der Waals surface area contributed by atoms with Crippen molar-refractivity contribution in [1.82, 2.24) is 19.5 Å².